The number of aromatic nitrogens is 1. The lowest BCUT2D eigenvalue weighted by Gasteiger charge is -2.04. The first-order valence-electron chi connectivity index (χ1n) is 4.21. The van der Waals surface area contributed by atoms with Crippen molar-refractivity contribution in [2.45, 2.75) is 25.3 Å². The van der Waals surface area contributed by atoms with Gasteiger partial charge in [-0.05, 0) is 30.2 Å². The number of hydrogen-bond donors (Lipinski definition) is 0. The Morgan fingerprint density at radius 1 is 1.42 bits per heavy atom. The summed E-state index contributed by atoms with van der Waals surface area (Å²) in [5.74, 6) is 0.715. The van der Waals surface area contributed by atoms with Crippen LogP contribution in [0.3, 0.4) is 0 Å². The van der Waals surface area contributed by atoms with Crippen molar-refractivity contribution in [3.05, 3.63) is 23.9 Å². The molecular formula is C10H15NS. The minimum Gasteiger partial charge on any atom is -0.250 e. The Bertz CT molecular complexity index is 228. The molecule has 0 radical (unpaired) electrons. The summed E-state index contributed by atoms with van der Waals surface area (Å²) < 4.78 is 0. The molecule has 0 bridgehead atoms. The molecule has 0 unspecified atom stereocenters. The topological polar surface area (TPSA) is 12.9 Å². The largest absolute Gasteiger partial charge is 0.250 e. The van der Waals surface area contributed by atoms with Crippen LogP contribution in [0.2, 0.25) is 0 Å². The first-order chi connectivity index (χ1) is 5.72. The van der Waals surface area contributed by atoms with Crippen LogP contribution >= 0.6 is 11.8 Å². The highest BCUT2D eigenvalue weighted by Gasteiger charge is 1.97. The number of thioether (sulfide) groups is 1. The van der Waals surface area contributed by atoms with Crippen molar-refractivity contribution >= 4 is 11.8 Å². The van der Waals surface area contributed by atoms with Crippen molar-refractivity contribution in [3.63, 3.8) is 0 Å². The van der Waals surface area contributed by atoms with Crippen LogP contribution in [0.4, 0.5) is 0 Å². The highest BCUT2D eigenvalue weighted by molar-refractivity contribution is 7.98. The summed E-state index contributed by atoms with van der Waals surface area (Å²) in [6.07, 6.45) is 5.15. The molecule has 12 heavy (non-hydrogen) atoms. The molecule has 1 aromatic heterocycles. The zero-order valence-corrected chi connectivity index (χ0v) is 8.69. The Labute approximate surface area is 78.6 Å². The van der Waals surface area contributed by atoms with E-state index in [1.807, 2.05) is 12.5 Å². The highest BCUT2D eigenvalue weighted by Crippen LogP contribution is 2.13. The molecule has 0 aliphatic rings. The maximum absolute atomic E-state index is 4.31. The van der Waals surface area contributed by atoms with Crippen LogP contribution in [0.25, 0.3) is 0 Å². The van der Waals surface area contributed by atoms with Gasteiger partial charge in [0, 0.05) is 6.20 Å². The first kappa shape index (κ1) is 9.59. The van der Waals surface area contributed by atoms with Gasteiger partial charge in [0.25, 0.3) is 0 Å². The van der Waals surface area contributed by atoms with Gasteiger partial charge in [-0.2, -0.15) is 0 Å². The van der Waals surface area contributed by atoms with Crippen molar-refractivity contribution in [2.75, 3.05) is 6.26 Å². The van der Waals surface area contributed by atoms with E-state index in [1.54, 1.807) is 11.8 Å². The smallest absolute Gasteiger partial charge is 0.0957 e. The molecule has 1 rings (SSSR count). The van der Waals surface area contributed by atoms with Gasteiger partial charge in [0.15, 0.2) is 0 Å². The minimum atomic E-state index is 0.715. The fourth-order valence-electron chi connectivity index (χ4n) is 1.12. The fraction of sp³-hybridized carbons (Fsp3) is 0.500. The Morgan fingerprint density at radius 2 is 2.17 bits per heavy atom. The Morgan fingerprint density at radius 3 is 2.58 bits per heavy atom. The second kappa shape index (κ2) is 4.51. The van der Waals surface area contributed by atoms with Crippen molar-refractivity contribution in [1.82, 2.24) is 4.98 Å². The zero-order chi connectivity index (χ0) is 8.97. The zero-order valence-electron chi connectivity index (χ0n) is 7.87. The summed E-state index contributed by atoms with van der Waals surface area (Å²) in [5.41, 5.74) is 1.34. The van der Waals surface area contributed by atoms with Gasteiger partial charge in [-0.1, -0.05) is 19.9 Å². The normalized spacial score (nSPS) is 10.7. The highest BCUT2D eigenvalue weighted by atomic mass is 32.2. The van der Waals surface area contributed by atoms with E-state index >= 15 is 0 Å². The lowest BCUT2D eigenvalue weighted by atomic mass is 10.1. The van der Waals surface area contributed by atoms with Gasteiger partial charge in [-0.25, -0.2) is 4.98 Å². The molecule has 0 atom stereocenters. The summed E-state index contributed by atoms with van der Waals surface area (Å²) in [4.78, 5) is 4.31. The maximum atomic E-state index is 4.31. The molecule has 1 nitrogen and oxygen atoms in total. The molecule has 0 saturated heterocycles. The number of nitrogens with zero attached hydrogens (tertiary/aromatic N) is 1. The Kier molecular flexibility index (Phi) is 3.60. The number of pyridine rings is 1. The van der Waals surface area contributed by atoms with E-state index in [9.17, 15) is 0 Å². The van der Waals surface area contributed by atoms with Crippen molar-refractivity contribution in [3.8, 4) is 0 Å². The first-order valence-corrected chi connectivity index (χ1v) is 5.43. The number of rotatable bonds is 3. The van der Waals surface area contributed by atoms with Gasteiger partial charge in [-0.15, -0.1) is 11.8 Å². The summed E-state index contributed by atoms with van der Waals surface area (Å²) >= 11 is 1.69. The minimum absolute atomic E-state index is 0.715. The van der Waals surface area contributed by atoms with Gasteiger partial charge in [0.2, 0.25) is 0 Å². The molecule has 0 amide bonds. The van der Waals surface area contributed by atoms with Gasteiger partial charge in [-0.3, -0.25) is 0 Å². The monoisotopic (exact) mass is 181 g/mol. The molecule has 2 heteroatoms. The third kappa shape index (κ3) is 2.86. The van der Waals surface area contributed by atoms with Gasteiger partial charge in [0.05, 0.1) is 5.03 Å². The van der Waals surface area contributed by atoms with Gasteiger partial charge < -0.3 is 0 Å². The van der Waals surface area contributed by atoms with E-state index in [2.05, 4.69) is 31.0 Å². The lowest BCUT2D eigenvalue weighted by molar-refractivity contribution is 0.644. The molecule has 1 aromatic rings. The molecule has 0 spiro atoms. The summed E-state index contributed by atoms with van der Waals surface area (Å²) in [7, 11) is 0. The van der Waals surface area contributed by atoms with E-state index in [1.165, 1.54) is 5.56 Å². The Hall–Kier alpha value is -0.500. The van der Waals surface area contributed by atoms with Crippen LogP contribution in [0.15, 0.2) is 23.4 Å². The molecule has 1 heterocycles. The fourth-order valence-corrected chi connectivity index (χ4v) is 1.49. The van der Waals surface area contributed by atoms with E-state index in [4.69, 9.17) is 0 Å². The van der Waals surface area contributed by atoms with E-state index < -0.39 is 0 Å². The van der Waals surface area contributed by atoms with Crippen LogP contribution in [-0.4, -0.2) is 11.2 Å². The predicted molar refractivity (Wildman–Crippen MR) is 54.6 cm³/mol. The van der Waals surface area contributed by atoms with Gasteiger partial charge in [0.1, 0.15) is 0 Å². The van der Waals surface area contributed by atoms with Crippen molar-refractivity contribution in [1.29, 1.82) is 0 Å². The maximum Gasteiger partial charge on any atom is 0.0957 e. The molecular weight excluding hydrogens is 166 g/mol. The second-order valence-electron chi connectivity index (χ2n) is 3.31. The number of hydrogen-bond acceptors (Lipinski definition) is 2. The van der Waals surface area contributed by atoms with E-state index in [0.717, 1.165) is 11.4 Å². The average Bonchev–Trinajstić information content (AvgIpc) is 2.05. The van der Waals surface area contributed by atoms with Crippen LogP contribution in [0, 0.1) is 5.92 Å². The lowest BCUT2D eigenvalue weighted by Crippen LogP contribution is -1.94. The Balaban J connectivity index is 2.65. The average molecular weight is 181 g/mol. The third-order valence-electron chi connectivity index (χ3n) is 1.65. The van der Waals surface area contributed by atoms with Crippen molar-refractivity contribution < 1.29 is 0 Å². The van der Waals surface area contributed by atoms with Crippen LogP contribution in [-0.2, 0) is 6.42 Å². The molecule has 0 fully saturated rings. The molecule has 0 aliphatic carbocycles. The SMILES string of the molecule is CSc1ccc(CC(C)C)cn1. The summed E-state index contributed by atoms with van der Waals surface area (Å²) in [6.45, 7) is 4.45. The van der Waals surface area contributed by atoms with E-state index in [-0.39, 0.29) is 0 Å². The molecule has 0 saturated carbocycles. The molecule has 0 aliphatic heterocycles. The standard InChI is InChI=1S/C10H15NS/c1-8(2)6-9-4-5-10(12-3)11-7-9/h4-5,7-8H,6H2,1-3H3. The quantitative estimate of drug-likeness (QED) is 0.665. The summed E-state index contributed by atoms with van der Waals surface area (Å²) in [5, 5.41) is 1.10. The molecule has 0 aromatic carbocycles. The van der Waals surface area contributed by atoms with E-state index in [0.29, 0.717) is 5.92 Å². The van der Waals surface area contributed by atoms with Gasteiger partial charge >= 0.3 is 0 Å². The second-order valence-corrected chi connectivity index (χ2v) is 4.13. The van der Waals surface area contributed by atoms with Crippen LogP contribution in [0.5, 0.6) is 0 Å². The van der Waals surface area contributed by atoms with Crippen LogP contribution in [0.1, 0.15) is 19.4 Å². The van der Waals surface area contributed by atoms with Crippen molar-refractivity contribution in [2.24, 2.45) is 5.92 Å². The third-order valence-corrected chi connectivity index (χ3v) is 2.31. The molecule has 0 N–H and O–H groups in total. The predicted octanol–water partition coefficient (Wildman–Crippen LogP) is 3.00. The van der Waals surface area contributed by atoms with Crippen LogP contribution < -0.4 is 0 Å². The molecule has 66 valence electrons. The summed E-state index contributed by atoms with van der Waals surface area (Å²) in [6, 6.07) is 4.25.